The van der Waals surface area contributed by atoms with Crippen molar-refractivity contribution in [1.82, 2.24) is 19.9 Å². The van der Waals surface area contributed by atoms with E-state index in [9.17, 15) is 13.2 Å². The Morgan fingerprint density at radius 1 is 0.967 bits per heavy atom. The van der Waals surface area contributed by atoms with Gasteiger partial charge in [0, 0.05) is 32.0 Å². The number of alkyl halides is 3. The summed E-state index contributed by atoms with van der Waals surface area (Å²) in [5.74, 6) is 0.740. The first-order valence-corrected chi connectivity index (χ1v) is 10.4. The Bertz CT molecular complexity index is 829. The number of halogens is 3. The van der Waals surface area contributed by atoms with Crippen LogP contribution in [-0.4, -0.2) is 52.4 Å². The molecular weight excluding hydrogens is 397 g/mol. The van der Waals surface area contributed by atoms with Gasteiger partial charge < -0.3 is 14.5 Å². The van der Waals surface area contributed by atoms with Crippen molar-refractivity contribution in [3.05, 3.63) is 30.1 Å². The second-order valence-electron chi connectivity index (χ2n) is 7.66. The van der Waals surface area contributed by atoms with Crippen molar-refractivity contribution in [1.29, 1.82) is 0 Å². The summed E-state index contributed by atoms with van der Waals surface area (Å²) in [5, 5.41) is 0. The number of hydrogen-bond donors (Lipinski definition) is 0. The fraction of sp³-hybridized carbons (Fsp3) is 0.600. The molecule has 0 aliphatic carbocycles. The molecule has 0 N–H and O–H groups in total. The van der Waals surface area contributed by atoms with Gasteiger partial charge in [-0.3, -0.25) is 4.98 Å². The van der Waals surface area contributed by atoms with E-state index in [0.717, 1.165) is 57.2 Å². The standard InChI is InChI=1S/C20H25F3N6O/c21-20(22,23)14-30-19-26-17(28-10-3-1-4-11-28)25-18(27-19)29-12-5-2-8-16(29)15-7-6-9-24-13-15/h6-7,9,13,16H,1-5,8,10-12,14H2. The van der Waals surface area contributed by atoms with Crippen molar-refractivity contribution in [3.8, 4) is 6.01 Å². The summed E-state index contributed by atoms with van der Waals surface area (Å²) in [5.41, 5.74) is 1.04. The van der Waals surface area contributed by atoms with E-state index in [0.29, 0.717) is 18.4 Å². The first kappa shape index (κ1) is 20.6. The van der Waals surface area contributed by atoms with Crippen molar-refractivity contribution in [2.45, 2.75) is 50.7 Å². The molecule has 2 saturated heterocycles. The number of nitrogens with zero attached hydrogens (tertiary/aromatic N) is 6. The smallest absolute Gasteiger partial charge is 0.422 e. The van der Waals surface area contributed by atoms with Gasteiger partial charge in [-0.1, -0.05) is 6.07 Å². The highest BCUT2D eigenvalue weighted by molar-refractivity contribution is 5.43. The lowest BCUT2D eigenvalue weighted by Gasteiger charge is -2.36. The Morgan fingerprint density at radius 3 is 2.47 bits per heavy atom. The zero-order valence-electron chi connectivity index (χ0n) is 16.7. The summed E-state index contributed by atoms with van der Waals surface area (Å²) in [4.78, 5) is 21.4. The highest BCUT2D eigenvalue weighted by Gasteiger charge is 2.31. The minimum absolute atomic E-state index is 0.0134. The van der Waals surface area contributed by atoms with Crippen LogP contribution in [0.3, 0.4) is 0 Å². The Balaban J connectivity index is 1.67. The number of piperidine rings is 2. The van der Waals surface area contributed by atoms with Crippen LogP contribution >= 0.6 is 0 Å². The van der Waals surface area contributed by atoms with Crippen LogP contribution in [0.4, 0.5) is 25.1 Å². The monoisotopic (exact) mass is 422 g/mol. The van der Waals surface area contributed by atoms with Crippen molar-refractivity contribution < 1.29 is 17.9 Å². The molecule has 1 atom stereocenters. The Kier molecular flexibility index (Phi) is 6.19. The van der Waals surface area contributed by atoms with Crippen molar-refractivity contribution in [2.24, 2.45) is 0 Å². The third-order valence-electron chi connectivity index (χ3n) is 5.42. The zero-order valence-corrected chi connectivity index (χ0v) is 16.7. The van der Waals surface area contributed by atoms with E-state index in [1.165, 1.54) is 0 Å². The van der Waals surface area contributed by atoms with Gasteiger partial charge in [-0.05, 0) is 50.2 Å². The predicted octanol–water partition coefficient (Wildman–Crippen LogP) is 3.93. The summed E-state index contributed by atoms with van der Waals surface area (Å²) >= 11 is 0. The van der Waals surface area contributed by atoms with Gasteiger partial charge in [0.25, 0.3) is 0 Å². The second kappa shape index (κ2) is 9.01. The Labute approximate surface area is 173 Å². The lowest BCUT2D eigenvalue weighted by molar-refractivity contribution is -0.154. The maximum atomic E-state index is 12.7. The molecule has 0 aromatic carbocycles. The molecule has 7 nitrogen and oxygen atoms in total. The van der Waals surface area contributed by atoms with Gasteiger partial charge in [-0.15, -0.1) is 0 Å². The topological polar surface area (TPSA) is 67.3 Å². The second-order valence-corrected chi connectivity index (χ2v) is 7.66. The van der Waals surface area contributed by atoms with Gasteiger partial charge in [-0.25, -0.2) is 0 Å². The van der Waals surface area contributed by atoms with Crippen LogP contribution in [0, 0.1) is 0 Å². The molecule has 30 heavy (non-hydrogen) atoms. The fourth-order valence-electron chi connectivity index (χ4n) is 4.00. The Morgan fingerprint density at radius 2 is 1.73 bits per heavy atom. The van der Waals surface area contributed by atoms with E-state index in [4.69, 9.17) is 4.74 Å². The largest absolute Gasteiger partial charge is 0.454 e. The average Bonchev–Trinajstić information content (AvgIpc) is 2.78. The van der Waals surface area contributed by atoms with Crippen LogP contribution in [-0.2, 0) is 0 Å². The maximum absolute atomic E-state index is 12.7. The highest BCUT2D eigenvalue weighted by Crippen LogP contribution is 2.34. The lowest BCUT2D eigenvalue weighted by atomic mass is 9.97. The molecule has 0 saturated carbocycles. The molecule has 2 aliphatic heterocycles. The SMILES string of the molecule is FC(F)(F)COc1nc(N2CCCCC2)nc(N2CCCCC2c2cccnc2)n1. The summed E-state index contributed by atoms with van der Waals surface area (Å²) in [7, 11) is 0. The number of aromatic nitrogens is 4. The number of anilines is 2. The molecule has 4 heterocycles. The van der Waals surface area contributed by atoms with E-state index in [2.05, 4.69) is 19.9 Å². The predicted molar refractivity (Wildman–Crippen MR) is 106 cm³/mol. The van der Waals surface area contributed by atoms with E-state index < -0.39 is 12.8 Å². The number of hydrogen-bond acceptors (Lipinski definition) is 7. The third kappa shape index (κ3) is 5.09. The van der Waals surface area contributed by atoms with Gasteiger partial charge in [-0.2, -0.15) is 28.1 Å². The van der Waals surface area contributed by atoms with Crippen LogP contribution in [0.15, 0.2) is 24.5 Å². The molecule has 1 unspecified atom stereocenters. The molecule has 2 fully saturated rings. The van der Waals surface area contributed by atoms with Crippen molar-refractivity contribution in [2.75, 3.05) is 36.0 Å². The van der Waals surface area contributed by atoms with E-state index in [1.807, 2.05) is 28.1 Å². The molecular formula is C20H25F3N6O. The van der Waals surface area contributed by atoms with E-state index in [-0.39, 0.29) is 12.1 Å². The van der Waals surface area contributed by atoms with E-state index in [1.54, 1.807) is 6.20 Å². The number of rotatable bonds is 5. The quantitative estimate of drug-likeness (QED) is 0.723. The highest BCUT2D eigenvalue weighted by atomic mass is 19.4. The molecule has 10 heteroatoms. The van der Waals surface area contributed by atoms with Crippen molar-refractivity contribution in [3.63, 3.8) is 0 Å². The molecule has 2 aromatic rings. The van der Waals surface area contributed by atoms with Gasteiger partial charge in [0.05, 0.1) is 6.04 Å². The van der Waals surface area contributed by atoms with E-state index >= 15 is 0 Å². The normalized spacial score (nSPS) is 20.3. The lowest BCUT2D eigenvalue weighted by Crippen LogP contribution is -2.36. The summed E-state index contributed by atoms with van der Waals surface area (Å²) in [6.07, 6.45) is 5.12. The number of pyridine rings is 1. The molecule has 4 rings (SSSR count). The molecule has 2 aromatic heterocycles. The van der Waals surface area contributed by atoms with Gasteiger partial charge in [0.15, 0.2) is 6.61 Å². The van der Waals surface area contributed by atoms with Crippen LogP contribution in [0.25, 0.3) is 0 Å². The zero-order chi connectivity index (χ0) is 21.0. The average molecular weight is 422 g/mol. The van der Waals surface area contributed by atoms with Gasteiger partial charge >= 0.3 is 12.2 Å². The first-order chi connectivity index (χ1) is 14.5. The van der Waals surface area contributed by atoms with Crippen LogP contribution < -0.4 is 14.5 Å². The van der Waals surface area contributed by atoms with Gasteiger partial charge in [0.2, 0.25) is 11.9 Å². The minimum Gasteiger partial charge on any atom is -0.454 e. The summed E-state index contributed by atoms with van der Waals surface area (Å²) in [6.45, 7) is 0.825. The molecule has 0 bridgehead atoms. The summed E-state index contributed by atoms with van der Waals surface area (Å²) < 4.78 is 43.1. The van der Waals surface area contributed by atoms with Crippen LogP contribution in [0.1, 0.15) is 50.1 Å². The van der Waals surface area contributed by atoms with Gasteiger partial charge in [0.1, 0.15) is 0 Å². The number of ether oxygens (including phenoxy) is 1. The first-order valence-electron chi connectivity index (χ1n) is 10.4. The molecule has 0 amide bonds. The minimum atomic E-state index is -4.46. The molecule has 162 valence electrons. The maximum Gasteiger partial charge on any atom is 0.422 e. The fourth-order valence-corrected chi connectivity index (χ4v) is 4.00. The molecule has 0 radical (unpaired) electrons. The molecule has 0 spiro atoms. The van der Waals surface area contributed by atoms with Crippen LogP contribution in [0.2, 0.25) is 0 Å². The van der Waals surface area contributed by atoms with Crippen molar-refractivity contribution >= 4 is 11.9 Å². The molecule has 2 aliphatic rings. The summed E-state index contributed by atoms with van der Waals surface area (Å²) in [6, 6.07) is 3.61. The Hall–Kier alpha value is -2.65. The third-order valence-corrected chi connectivity index (χ3v) is 5.42. The van der Waals surface area contributed by atoms with Crippen LogP contribution in [0.5, 0.6) is 6.01 Å².